The standard InChI is InChI=1S/C18H26ClN2O2Si.C10H9ClN2O2/c1-7-23-18(22)15-10-20-13(6)24(11(2)3,12(4)5)21-9-8-14(16(15)19)17(20)21;1-2-15-10(14)7-5-13-9-6(8(7)11)3-4-12-9/h8-13H,7H2,1-6H3;3-5H,2H2,1H3,(H,12,13)/q+1;. The lowest BCUT2D eigenvalue weighted by molar-refractivity contribution is -0.674. The van der Waals surface area contributed by atoms with Gasteiger partial charge in [-0.1, -0.05) is 50.9 Å². The van der Waals surface area contributed by atoms with Gasteiger partial charge in [0.2, 0.25) is 0 Å². The van der Waals surface area contributed by atoms with Crippen LogP contribution in [0, 0.1) is 0 Å². The normalized spacial score (nSPS) is 15.6. The van der Waals surface area contributed by atoms with Gasteiger partial charge in [-0.3, -0.25) is 4.23 Å². The number of hydrogen-bond donors (Lipinski definition) is 1. The second-order valence-electron chi connectivity index (χ2n) is 10.2. The number of fused-ring (bicyclic) bond motifs is 1. The summed E-state index contributed by atoms with van der Waals surface area (Å²) in [6.07, 6.45) is 7.22. The quantitative estimate of drug-likeness (QED) is 0.150. The molecule has 1 N–H and O–H groups in total. The Bertz CT molecular complexity index is 1540. The summed E-state index contributed by atoms with van der Waals surface area (Å²) in [6.45, 7) is 15.8. The smallest absolute Gasteiger partial charge is 0.343 e. The minimum absolute atomic E-state index is 0.297. The molecule has 0 saturated heterocycles. The Morgan fingerprint density at radius 2 is 1.62 bits per heavy atom. The summed E-state index contributed by atoms with van der Waals surface area (Å²) in [4.78, 5) is 30.8. The monoisotopic (exact) mass is 589 g/mol. The molecule has 4 aromatic rings. The molecule has 0 radical (unpaired) electrons. The molecule has 4 aromatic heterocycles. The van der Waals surface area contributed by atoms with E-state index < -0.39 is 14.2 Å². The average molecular weight is 591 g/mol. The van der Waals surface area contributed by atoms with E-state index in [2.05, 4.69) is 65.6 Å². The van der Waals surface area contributed by atoms with Gasteiger partial charge in [-0.15, -0.1) is 0 Å². The summed E-state index contributed by atoms with van der Waals surface area (Å²) in [6, 6.07) is 3.82. The van der Waals surface area contributed by atoms with E-state index in [1.165, 1.54) is 6.20 Å². The fraction of sp³-hybridized carbons (Fsp3) is 0.429. The number of ether oxygens (including phenoxy) is 2. The summed E-state index contributed by atoms with van der Waals surface area (Å²) in [5.41, 5.74) is 4.09. The predicted molar refractivity (Wildman–Crippen MR) is 156 cm³/mol. The van der Waals surface area contributed by atoms with Crippen molar-refractivity contribution in [1.29, 1.82) is 0 Å². The van der Waals surface area contributed by atoms with E-state index in [-0.39, 0.29) is 5.97 Å². The van der Waals surface area contributed by atoms with Crippen LogP contribution >= 0.6 is 23.2 Å². The molecular formula is C28H35Cl2N4O4Si+. The lowest BCUT2D eigenvalue weighted by Crippen LogP contribution is -2.56. The summed E-state index contributed by atoms with van der Waals surface area (Å²) in [5.74, 6) is -0.792. The molecule has 1 atom stereocenters. The van der Waals surface area contributed by atoms with Gasteiger partial charge in [0, 0.05) is 17.8 Å². The van der Waals surface area contributed by atoms with Gasteiger partial charge in [-0.05, 0) is 44.0 Å². The number of esters is 2. The van der Waals surface area contributed by atoms with Crippen molar-refractivity contribution in [3.05, 3.63) is 58.1 Å². The molecule has 5 rings (SSSR count). The van der Waals surface area contributed by atoms with Crippen molar-refractivity contribution in [1.82, 2.24) is 14.2 Å². The first-order chi connectivity index (χ1) is 18.5. The lowest BCUT2D eigenvalue weighted by atomic mass is 10.2. The van der Waals surface area contributed by atoms with Crippen molar-refractivity contribution >= 4 is 65.4 Å². The second kappa shape index (κ2) is 11.3. The van der Waals surface area contributed by atoms with Gasteiger partial charge >= 0.3 is 20.2 Å². The molecule has 0 amide bonds. The third-order valence-corrected chi connectivity index (χ3v) is 15.0. The number of carbonyl (C=O) groups is 2. The fourth-order valence-electron chi connectivity index (χ4n) is 6.16. The number of aromatic nitrogens is 4. The lowest BCUT2D eigenvalue weighted by Gasteiger charge is -2.33. The van der Waals surface area contributed by atoms with Crippen molar-refractivity contribution in [3.8, 4) is 0 Å². The molecule has 0 saturated carbocycles. The van der Waals surface area contributed by atoms with E-state index >= 15 is 0 Å². The Hall–Kier alpha value is -2.88. The van der Waals surface area contributed by atoms with Gasteiger partial charge < -0.3 is 14.5 Å². The van der Waals surface area contributed by atoms with Gasteiger partial charge in [0.05, 0.1) is 40.4 Å². The number of H-pyrrole nitrogens is 1. The Morgan fingerprint density at radius 3 is 2.21 bits per heavy atom. The highest BCUT2D eigenvalue weighted by Crippen LogP contribution is 2.46. The first-order valence-corrected chi connectivity index (χ1v) is 16.2. The van der Waals surface area contributed by atoms with E-state index in [0.717, 1.165) is 16.4 Å². The highest BCUT2D eigenvalue weighted by molar-refractivity contribution is 6.82. The van der Waals surface area contributed by atoms with Gasteiger partial charge in [-0.2, -0.15) is 0 Å². The molecule has 1 unspecified atom stereocenters. The summed E-state index contributed by atoms with van der Waals surface area (Å²) >= 11 is 12.6. The number of pyridine rings is 2. The van der Waals surface area contributed by atoms with E-state index in [0.29, 0.717) is 56.8 Å². The molecule has 0 aliphatic carbocycles. The van der Waals surface area contributed by atoms with Crippen LogP contribution in [0.25, 0.3) is 22.1 Å². The third-order valence-electron chi connectivity index (χ3n) is 7.71. The Morgan fingerprint density at radius 1 is 1.03 bits per heavy atom. The van der Waals surface area contributed by atoms with E-state index in [4.69, 9.17) is 32.7 Å². The van der Waals surface area contributed by atoms with Crippen molar-refractivity contribution in [3.63, 3.8) is 0 Å². The third kappa shape index (κ3) is 4.64. The zero-order chi connectivity index (χ0) is 28.6. The molecule has 8 nitrogen and oxygen atoms in total. The van der Waals surface area contributed by atoms with Crippen molar-refractivity contribution in [2.24, 2.45) is 0 Å². The Labute approximate surface area is 239 Å². The predicted octanol–water partition coefficient (Wildman–Crippen LogP) is 6.88. The topological polar surface area (TPSA) is 90.1 Å². The molecule has 0 aromatic carbocycles. The average Bonchev–Trinajstić information content (AvgIpc) is 3.59. The zero-order valence-corrected chi connectivity index (χ0v) is 25.9. The highest BCUT2D eigenvalue weighted by atomic mass is 35.5. The van der Waals surface area contributed by atoms with E-state index in [1.807, 2.05) is 13.1 Å². The molecule has 208 valence electrons. The molecule has 0 spiro atoms. The van der Waals surface area contributed by atoms with Crippen LogP contribution in [0.15, 0.2) is 36.9 Å². The van der Waals surface area contributed by atoms with E-state index in [1.54, 1.807) is 19.2 Å². The number of aromatic amines is 1. The minimum Gasteiger partial charge on any atom is -0.462 e. The van der Waals surface area contributed by atoms with Crippen molar-refractivity contribution in [2.75, 3.05) is 13.2 Å². The molecule has 1 aliphatic heterocycles. The van der Waals surface area contributed by atoms with Crippen LogP contribution < -0.4 is 4.57 Å². The number of rotatable bonds is 6. The number of nitrogens with zero attached hydrogens (tertiary/aromatic N) is 3. The summed E-state index contributed by atoms with van der Waals surface area (Å²) in [7, 11) is -1.87. The number of nitrogens with one attached hydrogen (secondary N) is 1. The maximum atomic E-state index is 12.3. The van der Waals surface area contributed by atoms with Crippen molar-refractivity contribution < 1.29 is 23.6 Å². The number of carbonyl (C=O) groups excluding carboxylic acids is 2. The van der Waals surface area contributed by atoms with Crippen LogP contribution in [0.3, 0.4) is 0 Å². The molecule has 1 aliphatic rings. The van der Waals surface area contributed by atoms with Crippen LogP contribution in [-0.2, 0) is 9.47 Å². The Balaban J connectivity index is 0.000000202. The van der Waals surface area contributed by atoms with Crippen LogP contribution in [0.4, 0.5) is 0 Å². The largest absolute Gasteiger partial charge is 0.462 e. The number of hydrogen-bond acceptors (Lipinski definition) is 5. The van der Waals surface area contributed by atoms with Crippen LogP contribution in [0.5, 0.6) is 0 Å². The zero-order valence-electron chi connectivity index (χ0n) is 23.3. The van der Waals surface area contributed by atoms with Gasteiger partial charge in [0.1, 0.15) is 23.1 Å². The molecule has 11 heteroatoms. The molecule has 0 fully saturated rings. The fourth-order valence-corrected chi connectivity index (χ4v) is 13.1. The van der Waals surface area contributed by atoms with Gasteiger partial charge in [0.15, 0.2) is 0 Å². The molecule has 39 heavy (non-hydrogen) atoms. The summed E-state index contributed by atoms with van der Waals surface area (Å²) < 4.78 is 14.8. The first-order valence-electron chi connectivity index (χ1n) is 13.2. The summed E-state index contributed by atoms with van der Waals surface area (Å²) in [5, 5.41) is 2.55. The SMILES string of the molecule is CCOC(=O)c1c[n+]2c3c(ccn3[Si](C(C)C)(C(C)C)C2C)c1Cl.CCOC(=O)c1cnc2[nH]ccc2c1Cl. The maximum absolute atomic E-state index is 12.3. The van der Waals surface area contributed by atoms with Gasteiger partial charge in [0.25, 0.3) is 5.65 Å². The second-order valence-corrected chi connectivity index (χ2v) is 16.4. The van der Waals surface area contributed by atoms with E-state index in [9.17, 15) is 9.59 Å². The number of halogens is 2. The molecule has 5 heterocycles. The van der Waals surface area contributed by atoms with Crippen molar-refractivity contribution in [2.45, 2.75) is 65.2 Å². The Kier molecular flexibility index (Phi) is 8.44. The first kappa shape index (κ1) is 29.1. The minimum atomic E-state index is -1.87. The van der Waals surface area contributed by atoms with Crippen LogP contribution in [0.1, 0.15) is 74.8 Å². The van der Waals surface area contributed by atoms with Gasteiger partial charge in [-0.25, -0.2) is 19.1 Å². The van der Waals surface area contributed by atoms with Crippen LogP contribution in [0.2, 0.25) is 21.1 Å². The molecular weight excluding hydrogens is 555 g/mol. The van der Waals surface area contributed by atoms with Crippen LogP contribution in [-0.4, -0.2) is 47.6 Å². The highest BCUT2D eigenvalue weighted by Gasteiger charge is 2.61. The maximum Gasteiger partial charge on any atom is 0.343 e. The molecule has 0 bridgehead atoms.